The van der Waals surface area contributed by atoms with E-state index in [0.29, 0.717) is 5.56 Å². The lowest BCUT2D eigenvalue weighted by Gasteiger charge is -2.30. The lowest BCUT2D eigenvalue weighted by atomic mass is 9.87. The second-order valence-electron chi connectivity index (χ2n) is 13.9. The van der Waals surface area contributed by atoms with Crippen molar-refractivity contribution in [3.8, 4) is 11.5 Å². The molecule has 0 radical (unpaired) electrons. The van der Waals surface area contributed by atoms with Gasteiger partial charge in [0.15, 0.2) is 34.3 Å². The maximum atomic E-state index is 12.7. The molecule has 4 rings (SSSR count). The molecule has 2 amide bonds. The van der Waals surface area contributed by atoms with E-state index < -0.39 is 90.7 Å². The predicted molar refractivity (Wildman–Crippen MR) is 211 cm³/mol. The van der Waals surface area contributed by atoms with Gasteiger partial charge in [-0.3, -0.25) is 32.5 Å². The van der Waals surface area contributed by atoms with Crippen molar-refractivity contribution in [1.82, 2.24) is 30.2 Å². The highest BCUT2D eigenvalue weighted by Gasteiger charge is 2.50. The third kappa shape index (κ3) is 14.4. The Morgan fingerprint density at radius 3 is 2.40 bits per heavy atom. The quantitative estimate of drug-likeness (QED) is 0.0421. The fourth-order valence-electron chi connectivity index (χ4n) is 5.53. The number of phenols is 1. The number of rotatable bonds is 23. The van der Waals surface area contributed by atoms with Gasteiger partial charge < -0.3 is 65.8 Å². The first-order valence-corrected chi connectivity index (χ1v) is 23.4. The number of nitrogens with one attached hydrogen (secondary N) is 2. The SMILES string of the molecule is COc1cc(C(O)CC(=O)SCCNC(=O)CCNC(=O)C(O)C(C)(C)COP(=O)(O)OP(=O)(O)OCC2OC(n3cnc4c(N)ncnc43)C(O)C2OP(=O)(O)O)ccc1O. The van der Waals surface area contributed by atoms with E-state index in [0.717, 1.165) is 29.0 Å². The van der Waals surface area contributed by atoms with E-state index in [4.69, 9.17) is 24.3 Å². The summed E-state index contributed by atoms with van der Waals surface area (Å²) in [5.74, 6) is -1.43. The maximum Gasteiger partial charge on any atom is 0.481 e. The number of aliphatic hydroxyl groups is 3. The minimum atomic E-state index is -5.60. The molecule has 62 heavy (non-hydrogen) atoms. The van der Waals surface area contributed by atoms with E-state index in [9.17, 15) is 68.1 Å². The van der Waals surface area contributed by atoms with E-state index in [1.807, 2.05) is 0 Å². The number of nitrogens with two attached hydrogens (primary N) is 1. The summed E-state index contributed by atoms with van der Waals surface area (Å²) in [5, 5.41) is 46.0. The molecule has 0 spiro atoms. The first-order chi connectivity index (χ1) is 28.8. The molecule has 346 valence electrons. The molecule has 3 aromatic rings. The van der Waals surface area contributed by atoms with Crippen molar-refractivity contribution in [1.29, 1.82) is 0 Å². The number of nitrogen functional groups attached to an aromatic ring is 1. The van der Waals surface area contributed by atoms with Crippen LogP contribution in [-0.4, -0.2) is 140 Å². The summed E-state index contributed by atoms with van der Waals surface area (Å²) in [4.78, 5) is 88.1. The van der Waals surface area contributed by atoms with Crippen LogP contribution in [0.15, 0.2) is 30.9 Å². The highest BCUT2D eigenvalue weighted by Crippen LogP contribution is 2.61. The Kier molecular flexibility index (Phi) is 17.6. The number of thioether (sulfide) groups is 1. The van der Waals surface area contributed by atoms with Crippen LogP contribution in [0.4, 0.5) is 5.82 Å². The average Bonchev–Trinajstić information content (AvgIpc) is 3.74. The number of aromatic hydroxyl groups is 1. The number of phosphoric acid groups is 3. The number of fused-ring (bicyclic) bond motifs is 1. The molecular formula is C31H46N7O20P3S. The van der Waals surface area contributed by atoms with Crippen LogP contribution < -0.4 is 21.1 Å². The van der Waals surface area contributed by atoms with E-state index >= 15 is 0 Å². The Labute approximate surface area is 355 Å². The van der Waals surface area contributed by atoms with E-state index in [2.05, 4.69) is 34.4 Å². The highest BCUT2D eigenvalue weighted by molar-refractivity contribution is 8.13. The molecule has 8 atom stereocenters. The number of benzene rings is 1. The first-order valence-electron chi connectivity index (χ1n) is 17.9. The monoisotopic (exact) mass is 961 g/mol. The number of phosphoric ester groups is 3. The minimum absolute atomic E-state index is 0.0182. The van der Waals surface area contributed by atoms with Gasteiger partial charge in [0.1, 0.15) is 36.3 Å². The second kappa shape index (κ2) is 21.3. The second-order valence-corrected chi connectivity index (χ2v) is 19.3. The number of hydrogen-bond donors (Lipinski definition) is 11. The standard InChI is InChI=1S/C31H46N7O20P3S/c1-31(2,26(44)29(45)34-7-6-21(41)33-8-9-62-22(42)11-18(40)16-4-5-17(39)19(10-16)53-3)13-55-61(51,52)58-60(49,50)54-12-20-25(57-59(46,47)48)24(43)30(56-20)38-15-37-23-27(32)35-14-36-28(23)38/h4-5,10,14-15,18,20,24-26,30,39-40,43-44H,6-9,11-13H2,1-3H3,(H,33,41)(H,34,45)(H,49,50)(H,51,52)(H2,32,35,36)(H2,46,47,48). The van der Waals surface area contributed by atoms with E-state index in [1.165, 1.54) is 39.2 Å². The van der Waals surface area contributed by atoms with Crippen LogP contribution in [0, 0.1) is 5.41 Å². The summed E-state index contributed by atoms with van der Waals surface area (Å²) in [7, 11) is -15.1. The summed E-state index contributed by atoms with van der Waals surface area (Å²) in [6.07, 6.45) is -8.52. The molecule has 1 saturated heterocycles. The molecule has 1 fully saturated rings. The Bertz CT molecular complexity index is 2210. The molecule has 1 aliphatic rings. The van der Waals surface area contributed by atoms with Crippen LogP contribution in [-0.2, 0) is 50.7 Å². The summed E-state index contributed by atoms with van der Waals surface area (Å²) in [6, 6.07) is 4.17. The number of ether oxygens (including phenoxy) is 2. The van der Waals surface area contributed by atoms with Crippen molar-refractivity contribution in [3.63, 3.8) is 0 Å². The number of carbonyl (C=O) groups excluding carboxylic acids is 3. The number of aliphatic hydroxyl groups excluding tert-OH is 3. The zero-order chi connectivity index (χ0) is 46.2. The van der Waals surface area contributed by atoms with E-state index in [-0.39, 0.29) is 65.3 Å². The van der Waals surface area contributed by atoms with Crippen LogP contribution >= 0.6 is 35.2 Å². The van der Waals surface area contributed by atoms with Crippen molar-refractivity contribution in [2.45, 2.75) is 63.4 Å². The summed E-state index contributed by atoms with van der Waals surface area (Å²) >= 11 is 0.866. The molecule has 0 bridgehead atoms. The van der Waals surface area contributed by atoms with Gasteiger partial charge in [0, 0.05) is 37.1 Å². The summed E-state index contributed by atoms with van der Waals surface area (Å²) < 4.78 is 67.2. The third-order valence-electron chi connectivity index (χ3n) is 8.71. The summed E-state index contributed by atoms with van der Waals surface area (Å²) in [6.45, 7) is 0.183. The molecule has 31 heteroatoms. The van der Waals surface area contributed by atoms with Gasteiger partial charge in [0.2, 0.25) is 11.8 Å². The first kappa shape index (κ1) is 51.0. The number of methoxy groups -OCH3 is 1. The molecular weight excluding hydrogens is 915 g/mol. The van der Waals surface area contributed by atoms with E-state index in [1.54, 1.807) is 0 Å². The normalized spacial score (nSPS) is 21.1. The molecule has 3 heterocycles. The number of carbonyl (C=O) groups is 3. The van der Waals surface area contributed by atoms with Gasteiger partial charge in [-0.2, -0.15) is 4.31 Å². The smallest absolute Gasteiger partial charge is 0.481 e. The van der Waals surface area contributed by atoms with Crippen LogP contribution in [0.1, 0.15) is 44.6 Å². The Morgan fingerprint density at radius 1 is 1.03 bits per heavy atom. The topological polar surface area (TPSA) is 413 Å². The van der Waals surface area contributed by atoms with Crippen LogP contribution in [0.2, 0.25) is 0 Å². The lowest BCUT2D eigenvalue weighted by molar-refractivity contribution is -0.137. The van der Waals surface area contributed by atoms with Gasteiger partial charge in [0.05, 0.1) is 32.8 Å². The van der Waals surface area contributed by atoms with Crippen molar-refractivity contribution in [3.05, 3.63) is 36.4 Å². The molecule has 0 saturated carbocycles. The number of aromatic nitrogens is 4. The zero-order valence-corrected chi connectivity index (χ0v) is 36.4. The fraction of sp³-hybridized carbons (Fsp3) is 0.548. The largest absolute Gasteiger partial charge is 0.504 e. The molecule has 0 aliphatic carbocycles. The Hall–Kier alpha value is -3.66. The molecule has 1 aliphatic heterocycles. The van der Waals surface area contributed by atoms with Crippen molar-refractivity contribution >= 4 is 69.1 Å². The highest BCUT2D eigenvalue weighted by atomic mass is 32.2. The number of hydrogen-bond acceptors (Lipinski definition) is 21. The van der Waals surface area contributed by atoms with Crippen LogP contribution in [0.3, 0.4) is 0 Å². The van der Waals surface area contributed by atoms with Crippen molar-refractivity contribution in [2.24, 2.45) is 5.41 Å². The predicted octanol–water partition coefficient (Wildman–Crippen LogP) is -0.497. The lowest BCUT2D eigenvalue weighted by Crippen LogP contribution is -2.46. The van der Waals surface area contributed by atoms with Crippen LogP contribution in [0.25, 0.3) is 11.2 Å². The Morgan fingerprint density at radius 2 is 1.73 bits per heavy atom. The van der Waals surface area contributed by atoms with Gasteiger partial charge in [0.25, 0.3) is 0 Å². The molecule has 2 aromatic heterocycles. The third-order valence-corrected chi connectivity index (χ3v) is 12.7. The molecule has 27 nitrogen and oxygen atoms in total. The van der Waals surface area contributed by atoms with Crippen molar-refractivity contribution < 1.29 is 95.4 Å². The van der Waals surface area contributed by atoms with Gasteiger partial charge in [-0.05, 0) is 17.7 Å². The van der Waals surface area contributed by atoms with Gasteiger partial charge in [-0.25, -0.2) is 28.6 Å². The summed E-state index contributed by atoms with van der Waals surface area (Å²) in [5.41, 5.74) is 4.56. The van der Waals surface area contributed by atoms with Gasteiger partial charge in [-0.1, -0.05) is 31.7 Å². The van der Waals surface area contributed by atoms with Gasteiger partial charge in [-0.15, -0.1) is 0 Å². The minimum Gasteiger partial charge on any atom is -0.504 e. The van der Waals surface area contributed by atoms with Crippen LogP contribution in [0.5, 0.6) is 11.5 Å². The molecule has 1 aromatic carbocycles. The number of anilines is 1. The zero-order valence-electron chi connectivity index (χ0n) is 32.9. The number of phenolic OH excluding ortho intramolecular Hbond substituents is 1. The number of amides is 2. The number of nitrogens with zero attached hydrogens (tertiary/aromatic N) is 4. The molecule has 12 N–H and O–H groups in total. The van der Waals surface area contributed by atoms with Gasteiger partial charge >= 0.3 is 23.5 Å². The fourth-order valence-corrected chi connectivity index (χ4v) is 9.07. The van der Waals surface area contributed by atoms with Crippen molar-refractivity contribution in [2.75, 3.05) is 44.9 Å². The average molecular weight is 962 g/mol. The molecule has 8 unspecified atom stereocenters. The maximum absolute atomic E-state index is 12.7. The Balaban J connectivity index is 1.19. The number of imidazole rings is 1.